The molecule has 1 saturated carbocycles. The maximum atomic E-state index is 12.1. The largest absolute Gasteiger partial charge is 0.504 e. The van der Waals surface area contributed by atoms with E-state index < -0.39 is 5.91 Å². The number of carbonyl (C=O) groups is 1. The normalized spacial score (nSPS) is 15.6. The molecule has 0 heterocycles. The van der Waals surface area contributed by atoms with Crippen molar-refractivity contribution < 1.29 is 14.6 Å². The molecule has 1 aliphatic rings. The van der Waals surface area contributed by atoms with Crippen LogP contribution < -0.4 is 15.8 Å². The number of thiocarbonyl (C=S) groups is 1. The first kappa shape index (κ1) is 13.6. The van der Waals surface area contributed by atoms with Gasteiger partial charge in [-0.05, 0) is 30.9 Å². The zero-order chi connectivity index (χ0) is 14.0. The number of nitrogens with one attached hydrogen (secondary N) is 1. The van der Waals surface area contributed by atoms with Gasteiger partial charge < -0.3 is 20.9 Å². The molecule has 1 aromatic carbocycles. The van der Waals surface area contributed by atoms with E-state index in [-0.39, 0.29) is 28.1 Å². The predicted molar refractivity (Wildman–Crippen MR) is 75.4 cm³/mol. The molecule has 1 atom stereocenters. The van der Waals surface area contributed by atoms with Crippen LogP contribution in [0.4, 0.5) is 0 Å². The van der Waals surface area contributed by atoms with E-state index in [1.807, 2.05) is 0 Å². The van der Waals surface area contributed by atoms with Crippen molar-refractivity contribution >= 4 is 23.1 Å². The van der Waals surface area contributed by atoms with Gasteiger partial charge in [-0.15, -0.1) is 0 Å². The van der Waals surface area contributed by atoms with Crippen molar-refractivity contribution in [2.45, 2.75) is 18.9 Å². The number of ether oxygens (including phenoxy) is 1. The number of benzene rings is 1. The van der Waals surface area contributed by atoms with Gasteiger partial charge in [0.2, 0.25) is 0 Å². The van der Waals surface area contributed by atoms with Crippen LogP contribution in [0.5, 0.6) is 11.5 Å². The molecule has 5 nitrogen and oxygen atoms in total. The Kier molecular flexibility index (Phi) is 3.90. The lowest BCUT2D eigenvalue weighted by Crippen LogP contribution is -2.45. The predicted octanol–water partition coefficient (Wildman–Crippen LogP) is 1.20. The Bertz CT molecular complexity index is 515. The van der Waals surface area contributed by atoms with E-state index in [0.717, 1.165) is 12.8 Å². The molecule has 1 fully saturated rings. The fraction of sp³-hybridized carbons (Fsp3) is 0.385. The SMILES string of the molecule is COc1cccc(C(=O)NC(C(N)=S)C2CC2)c1O. The van der Waals surface area contributed by atoms with E-state index in [4.69, 9.17) is 22.7 Å². The van der Waals surface area contributed by atoms with Gasteiger partial charge in [0.25, 0.3) is 5.91 Å². The number of phenols is 1. The molecular formula is C13H16N2O3S. The van der Waals surface area contributed by atoms with Crippen LogP contribution in [-0.2, 0) is 0 Å². The maximum absolute atomic E-state index is 12.1. The smallest absolute Gasteiger partial charge is 0.255 e. The molecule has 0 radical (unpaired) electrons. The molecule has 1 aromatic rings. The molecule has 0 aromatic heterocycles. The van der Waals surface area contributed by atoms with Crippen LogP contribution in [0, 0.1) is 5.92 Å². The number of nitrogens with two attached hydrogens (primary N) is 1. The summed E-state index contributed by atoms with van der Waals surface area (Å²) in [5.41, 5.74) is 5.78. The number of carbonyl (C=O) groups excluding carboxylic acids is 1. The third-order valence-electron chi connectivity index (χ3n) is 3.15. The van der Waals surface area contributed by atoms with Crippen LogP contribution in [-0.4, -0.2) is 29.2 Å². The molecular weight excluding hydrogens is 264 g/mol. The number of amides is 1. The second-order valence-electron chi connectivity index (χ2n) is 4.55. The van der Waals surface area contributed by atoms with Crippen molar-refractivity contribution in [1.82, 2.24) is 5.32 Å². The highest BCUT2D eigenvalue weighted by atomic mass is 32.1. The Labute approximate surface area is 116 Å². The fourth-order valence-corrected chi connectivity index (χ4v) is 2.19. The standard InChI is InChI=1S/C13H16N2O3S/c1-18-9-4-2-3-8(11(9)16)13(17)15-10(12(14)19)7-5-6-7/h2-4,7,10,16H,5-6H2,1H3,(H2,14,19)(H,15,17). The highest BCUT2D eigenvalue weighted by Crippen LogP contribution is 2.34. The van der Waals surface area contributed by atoms with Crippen molar-refractivity contribution in [3.05, 3.63) is 23.8 Å². The zero-order valence-electron chi connectivity index (χ0n) is 10.6. The van der Waals surface area contributed by atoms with E-state index in [2.05, 4.69) is 5.32 Å². The van der Waals surface area contributed by atoms with Gasteiger partial charge in [0.15, 0.2) is 11.5 Å². The number of phenolic OH excluding ortho intramolecular Hbond substituents is 1. The summed E-state index contributed by atoms with van der Waals surface area (Å²) in [6.45, 7) is 0. The van der Waals surface area contributed by atoms with Crippen molar-refractivity contribution in [2.75, 3.05) is 7.11 Å². The minimum atomic E-state index is -0.402. The fourth-order valence-electron chi connectivity index (χ4n) is 1.94. The summed E-state index contributed by atoms with van der Waals surface area (Å²) in [5, 5.41) is 12.7. The topological polar surface area (TPSA) is 84.6 Å². The molecule has 4 N–H and O–H groups in total. The summed E-state index contributed by atoms with van der Waals surface area (Å²) in [6.07, 6.45) is 2.01. The van der Waals surface area contributed by atoms with Crippen LogP contribution in [0.1, 0.15) is 23.2 Å². The van der Waals surface area contributed by atoms with Gasteiger partial charge >= 0.3 is 0 Å². The first-order chi connectivity index (χ1) is 9.04. The number of para-hydroxylation sites is 1. The Balaban J connectivity index is 2.17. The average molecular weight is 280 g/mol. The number of hydrogen-bond donors (Lipinski definition) is 3. The number of methoxy groups -OCH3 is 1. The van der Waals surface area contributed by atoms with Gasteiger partial charge in [0, 0.05) is 0 Å². The van der Waals surface area contributed by atoms with Gasteiger partial charge in [-0.25, -0.2) is 0 Å². The van der Waals surface area contributed by atoms with Gasteiger partial charge in [-0.3, -0.25) is 4.79 Å². The zero-order valence-corrected chi connectivity index (χ0v) is 11.4. The van der Waals surface area contributed by atoms with Crippen LogP contribution in [0.15, 0.2) is 18.2 Å². The lowest BCUT2D eigenvalue weighted by Gasteiger charge is -2.17. The summed E-state index contributed by atoms with van der Waals surface area (Å²) in [6, 6.07) is 4.43. The molecule has 6 heteroatoms. The average Bonchev–Trinajstić information content (AvgIpc) is 3.19. The molecule has 1 aliphatic carbocycles. The summed E-state index contributed by atoms with van der Waals surface area (Å²) in [5.74, 6) is -0.0127. The summed E-state index contributed by atoms with van der Waals surface area (Å²) in [7, 11) is 1.43. The Morgan fingerprint density at radius 1 is 1.58 bits per heavy atom. The van der Waals surface area contributed by atoms with E-state index >= 15 is 0 Å². The highest BCUT2D eigenvalue weighted by molar-refractivity contribution is 7.80. The summed E-state index contributed by atoms with van der Waals surface area (Å²) >= 11 is 4.96. The molecule has 19 heavy (non-hydrogen) atoms. The van der Waals surface area contributed by atoms with Gasteiger partial charge in [-0.2, -0.15) is 0 Å². The lowest BCUT2D eigenvalue weighted by atomic mass is 10.1. The highest BCUT2D eigenvalue weighted by Gasteiger charge is 2.34. The molecule has 0 saturated heterocycles. The molecule has 1 unspecified atom stereocenters. The van der Waals surface area contributed by atoms with E-state index in [9.17, 15) is 9.90 Å². The van der Waals surface area contributed by atoms with E-state index in [0.29, 0.717) is 5.92 Å². The second-order valence-corrected chi connectivity index (χ2v) is 5.02. The molecule has 0 bridgehead atoms. The van der Waals surface area contributed by atoms with Crippen molar-refractivity contribution in [2.24, 2.45) is 11.7 Å². The molecule has 1 amide bonds. The minimum absolute atomic E-state index is 0.154. The van der Waals surface area contributed by atoms with Crippen molar-refractivity contribution in [1.29, 1.82) is 0 Å². The monoisotopic (exact) mass is 280 g/mol. The van der Waals surface area contributed by atoms with Crippen LogP contribution in [0.25, 0.3) is 0 Å². The number of hydrogen-bond acceptors (Lipinski definition) is 4. The third-order valence-corrected chi connectivity index (χ3v) is 3.40. The summed E-state index contributed by atoms with van der Waals surface area (Å²) < 4.78 is 4.97. The first-order valence-electron chi connectivity index (χ1n) is 6.00. The van der Waals surface area contributed by atoms with E-state index in [1.54, 1.807) is 12.1 Å². The van der Waals surface area contributed by atoms with E-state index in [1.165, 1.54) is 13.2 Å². The van der Waals surface area contributed by atoms with Crippen LogP contribution in [0.3, 0.4) is 0 Å². The van der Waals surface area contributed by atoms with Gasteiger partial charge in [-0.1, -0.05) is 18.3 Å². The van der Waals surface area contributed by atoms with Crippen molar-refractivity contribution in [3.8, 4) is 11.5 Å². The Hall–Kier alpha value is -1.82. The lowest BCUT2D eigenvalue weighted by molar-refractivity contribution is 0.0940. The number of rotatable bonds is 5. The molecule has 0 spiro atoms. The Morgan fingerprint density at radius 2 is 2.26 bits per heavy atom. The van der Waals surface area contributed by atoms with Gasteiger partial charge in [0.1, 0.15) is 0 Å². The number of aromatic hydroxyl groups is 1. The molecule has 2 rings (SSSR count). The van der Waals surface area contributed by atoms with Crippen LogP contribution in [0.2, 0.25) is 0 Å². The van der Waals surface area contributed by atoms with Gasteiger partial charge in [0.05, 0.1) is 23.7 Å². The molecule has 102 valence electrons. The quantitative estimate of drug-likeness (QED) is 0.706. The Morgan fingerprint density at radius 3 is 2.79 bits per heavy atom. The second kappa shape index (κ2) is 5.44. The molecule has 0 aliphatic heterocycles. The minimum Gasteiger partial charge on any atom is -0.504 e. The van der Waals surface area contributed by atoms with Crippen LogP contribution >= 0.6 is 12.2 Å². The maximum Gasteiger partial charge on any atom is 0.255 e. The van der Waals surface area contributed by atoms with Crippen molar-refractivity contribution in [3.63, 3.8) is 0 Å². The summed E-state index contributed by atoms with van der Waals surface area (Å²) in [4.78, 5) is 12.4. The third kappa shape index (κ3) is 2.96. The first-order valence-corrected chi connectivity index (χ1v) is 6.41.